The zero-order valence-electron chi connectivity index (χ0n) is 11.1. The van der Waals surface area contributed by atoms with Crippen LogP contribution in [-0.2, 0) is 23.9 Å². The number of rotatable bonds is 1. The maximum atomic E-state index is 11.2. The molecule has 1 N–H and O–H groups in total. The highest BCUT2D eigenvalue weighted by atomic mass is 16.6. The lowest BCUT2D eigenvalue weighted by molar-refractivity contribution is -0.150. The Bertz CT molecular complexity index is 685. The van der Waals surface area contributed by atoms with Crippen molar-refractivity contribution in [1.29, 1.82) is 0 Å². The Kier molecular flexibility index (Phi) is 4.08. The molecule has 0 bridgehead atoms. The first-order chi connectivity index (χ1) is 9.97. The summed E-state index contributed by atoms with van der Waals surface area (Å²) in [6, 6.07) is 9.10. The van der Waals surface area contributed by atoms with Crippen LogP contribution in [0.3, 0.4) is 0 Å². The maximum absolute atomic E-state index is 11.2. The average molecular weight is 285 g/mol. The largest absolute Gasteiger partial charge is 0.386 e. The van der Waals surface area contributed by atoms with E-state index in [1.807, 2.05) is 18.2 Å². The predicted molar refractivity (Wildman–Crippen MR) is 72.4 cm³/mol. The third-order valence-electron chi connectivity index (χ3n) is 2.69. The number of esters is 2. The second-order valence-corrected chi connectivity index (χ2v) is 4.28. The fraction of sp³-hybridized carbons (Fsp3) is 0.0667. The van der Waals surface area contributed by atoms with Crippen molar-refractivity contribution in [2.24, 2.45) is 0 Å². The van der Waals surface area contributed by atoms with Gasteiger partial charge >= 0.3 is 11.9 Å². The monoisotopic (exact) mass is 285 g/mol. The fourth-order valence-corrected chi connectivity index (χ4v) is 1.68. The van der Waals surface area contributed by atoms with Crippen LogP contribution < -0.4 is 5.32 Å². The van der Waals surface area contributed by atoms with Crippen LogP contribution in [0.25, 0.3) is 5.57 Å². The standard InChI is InChI=1S/C10H7NO2.C5H4O3/c12-9-6-8(10(13)11-9)7-4-2-1-3-5-7;1-3-2-4(6)8-5(3)7/h1-6H,(H,11,12,13);2H,1H3. The Morgan fingerprint density at radius 1 is 0.952 bits per heavy atom. The van der Waals surface area contributed by atoms with E-state index in [4.69, 9.17) is 0 Å². The van der Waals surface area contributed by atoms with E-state index in [2.05, 4.69) is 10.1 Å². The normalized spacial score (nSPS) is 16.6. The molecule has 2 amide bonds. The second-order valence-electron chi connectivity index (χ2n) is 4.28. The van der Waals surface area contributed by atoms with Crippen LogP contribution in [0, 0.1) is 0 Å². The summed E-state index contributed by atoms with van der Waals surface area (Å²) in [5, 5.41) is 2.19. The van der Waals surface area contributed by atoms with Crippen LogP contribution in [0.15, 0.2) is 48.1 Å². The van der Waals surface area contributed by atoms with Crippen molar-refractivity contribution in [3.63, 3.8) is 0 Å². The van der Waals surface area contributed by atoms with E-state index in [-0.39, 0.29) is 11.8 Å². The van der Waals surface area contributed by atoms with Crippen LogP contribution in [-0.4, -0.2) is 23.8 Å². The average Bonchev–Trinajstić information content (AvgIpc) is 2.93. The van der Waals surface area contributed by atoms with Crippen LogP contribution in [0.1, 0.15) is 12.5 Å². The van der Waals surface area contributed by atoms with E-state index >= 15 is 0 Å². The van der Waals surface area contributed by atoms with Gasteiger partial charge in [-0.25, -0.2) is 9.59 Å². The van der Waals surface area contributed by atoms with E-state index in [1.54, 1.807) is 12.1 Å². The lowest BCUT2D eigenvalue weighted by Gasteiger charge is -1.97. The molecule has 0 unspecified atom stereocenters. The number of benzene rings is 1. The van der Waals surface area contributed by atoms with Gasteiger partial charge in [-0.1, -0.05) is 30.3 Å². The number of nitrogens with one attached hydrogen (secondary N) is 1. The van der Waals surface area contributed by atoms with Gasteiger partial charge in [-0.15, -0.1) is 0 Å². The van der Waals surface area contributed by atoms with Crippen molar-refractivity contribution in [2.75, 3.05) is 0 Å². The molecule has 6 nitrogen and oxygen atoms in total. The highest BCUT2D eigenvalue weighted by Crippen LogP contribution is 2.16. The molecular weight excluding hydrogens is 274 g/mol. The summed E-state index contributed by atoms with van der Waals surface area (Å²) in [4.78, 5) is 42.4. The SMILES string of the molecule is CC1=CC(=O)OC1=O.O=C1C=C(c2ccccc2)C(=O)N1. The van der Waals surface area contributed by atoms with Gasteiger partial charge < -0.3 is 4.74 Å². The van der Waals surface area contributed by atoms with Crippen LogP contribution in [0.4, 0.5) is 0 Å². The van der Waals surface area contributed by atoms with Crippen LogP contribution >= 0.6 is 0 Å². The van der Waals surface area contributed by atoms with Crippen molar-refractivity contribution in [3.8, 4) is 0 Å². The number of hydrogen-bond donors (Lipinski definition) is 1. The quantitative estimate of drug-likeness (QED) is 0.467. The lowest BCUT2D eigenvalue weighted by atomic mass is 10.1. The molecule has 2 aliphatic heterocycles. The second kappa shape index (κ2) is 5.96. The first kappa shape index (κ1) is 14.4. The summed E-state index contributed by atoms with van der Waals surface area (Å²) in [7, 11) is 0. The van der Waals surface area contributed by atoms with Crippen molar-refractivity contribution >= 4 is 29.3 Å². The number of ether oxygens (including phenoxy) is 1. The first-order valence-corrected chi connectivity index (χ1v) is 6.04. The zero-order valence-corrected chi connectivity index (χ0v) is 11.1. The molecule has 21 heavy (non-hydrogen) atoms. The molecule has 0 radical (unpaired) electrons. The van der Waals surface area contributed by atoms with Crippen molar-refractivity contribution < 1.29 is 23.9 Å². The van der Waals surface area contributed by atoms with E-state index in [9.17, 15) is 19.2 Å². The smallest absolute Gasteiger partial charge is 0.341 e. The van der Waals surface area contributed by atoms with Gasteiger partial charge in [0, 0.05) is 17.7 Å². The van der Waals surface area contributed by atoms with Gasteiger partial charge in [0.25, 0.3) is 11.8 Å². The molecule has 0 aliphatic carbocycles. The van der Waals surface area contributed by atoms with Gasteiger partial charge in [0.15, 0.2) is 0 Å². The molecule has 2 heterocycles. The molecule has 0 atom stereocenters. The number of cyclic esters (lactones) is 2. The van der Waals surface area contributed by atoms with Gasteiger partial charge in [0.05, 0.1) is 5.57 Å². The number of hydrogen-bond acceptors (Lipinski definition) is 5. The Labute approximate surface area is 120 Å². The zero-order chi connectivity index (χ0) is 15.4. The first-order valence-electron chi connectivity index (χ1n) is 6.04. The molecule has 0 aromatic heterocycles. The lowest BCUT2D eigenvalue weighted by Crippen LogP contribution is -2.21. The van der Waals surface area contributed by atoms with Crippen molar-refractivity contribution in [1.82, 2.24) is 5.32 Å². The van der Waals surface area contributed by atoms with Gasteiger partial charge in [-0.05, 0) is 12.5 Å². The minimum absolute atomic E-state index is 0.323. The van der Waals surface area contributed by atoms with Gasteiger partial charge in [-0.3, -0.25) is 14.9 Å². The molecule has 0 saturated heterocycles. The molecular formula is C15H11NO5. The molecule has 106 valence electrons. The summed E-state index contributed by atoms with van der Waals surface area (Å²) in [5.74, 6) is -1.76. The number of carbonyl (C=O) groups excluding carboxylic acids is 4. The highest BCUT2D eigenvalue weighted by molar-refractivity contribution is 6.33. The molecule has 0 saturated carbocycles. The van der Waals surface area contributed by atoms with Gasteiger partial charge in [0.1, 0.15) is 0 Å². The predicted octanol–water partition coefficient (Wildman–Crippen LogP) is 0.742. The van der Waals surface area contributed by atoms with Crippen LogP contribution in [0.5, 0.6) is 0 Å². The van der Waals surface area contributed by atoms with Crippen LogP contribution in [0.2, 0.25) is 0 Å². The number of imide groups is 1. The minimum Gasteiger partial charge on any atom is -0.386 e. The van der Waals surface area contributed by atoms with Crippen molar-refractivity contribution in [2.45, 2.75) is 6.92 Å². The molecule has 2 aliphatic rings. The van der Waals surface area contributed by atoms with E-state index in [0.29, 0.717) is 11.1 Å². The Morgan fingerprint density at radius 2 is 1.62 bits per heavy atom. The maximum Gasteiger partial charge on any atom is 0.341 e. The minimum atomic E-state index is -0.562. The number of amides is 2. The highest BCUT2D eigenvalue weighted by Gasteiger charge is 2.21. The molecule has 3 rings (SSSR count). The summed E-state index contributed by atoms with van der Waals surface area (Å²) < 4.78 is 4.10. The molecule has 0 spiro atoms. The number of carbonyl (C=O) groups is 4. The summed E-state index contributed by atoms with van der Waals surface area (Å²) in [6.45, 7) is 1.53. The van der Waals surface area contributed by atoms with E-state index < -0.39 is 11.9 Å². The van der Waals surface area contributed by atoms with E-state index in [0.717, 1.165) is 5.56 Å². The van der Waals surface area contributed by atoms with Gasteiger partial charge in [0.2, 0.25) is 0 Å². The molecule has 1 aromatic carbocycles. The Morgan fingerprint density at radius 3 is 2.00 bits per heavy atom. The molecule has 0 fully saturated rings. The summed E-state index contributed by atoms with van der Waals surface area (Å²) >= 11 is 0. The Balaban J connectivity index is 0.000000173. The Hall–Kier alpha value is -3.02. The van der Waals surface area contributed by atoms with Crippen molar-refractivity contribution in [3.05, 3.63) is 53.6 Å². The molecule has 6 heteroatoms. The molecule has 1 aromatic rings. The fourth-order valence-electron chi connectivity index (χ4n) is 1.68. The van der Waals surface area contributed by atoms with E-state index in [1.165, 1.54) is 19.1 Å². The summed E-state index contributed by atoms with van der Waals surface area (Å²) in [5.41, 5.74) is 1.58. The van der Waals surface area contributed by atoms with Gasteiger partial charge in [-0.2, -0.15) is 0 Å². The third-order valence-corrected chi connectivity index (χ3v) is 2.69. The summed E-state index contributed by atoms with van der Waals surface area (Å²) in [6.07, 6.45) is 2.49. The third kappa shape index (κ3) is 3.50. The topological polar surface area (TPSA) is 89.5 Å².